The lowest BCUT2D eigenvalue weighted by Gasteiger charge is -2.20. The zero-order valence-corrected chi connectivity index (χ0v) is 13.3. The highest BCUT2D eigenvalue weighted by Gasteiger charge is 2.15. The number of rotatable bonds is 6. The molecule has 0 atom stereocenters. The Labute approximate surface area is 136 Å². The van der Waals surface area contributed by atoms with Crippen molar-refractivity contribution < 1.29 is 9.32 Å². The first-order valence-corrected chi connectivity index (χ1v) is 8.46. The minimum absolute atomic E-state index is 0.0648. The third-order valence-corrected chi connectivity index (χ3v) is 4.44. The van der Waals surface area contributed by atoms with Gasteiger partial charge in [0.15, 0.2) is 0 Å². The van der Waals surface area contributed by atoms with E-state index in [1.54, 1.807) is 0 Å². The molecular formula is C18H23N3O2. The van der Waals surface area contributed by atoms with Crippen molar-refractivity contribution in [1.82, 2.24) is 15.5 Å². The summed E-state index contributed by atoms with van der Waals surface area (Å²) < 4.78 is 5.19. The van der Waals surface area contributed by atoms with E-state index >= 15 is 0 Å². The predicted molar refractivity (Wildman–Crippen MR) is 87.4 cm³/mol. The van der Waals surface area contributed by atoms with Gasteiger partial charge in [0.05, 0.1) is 6.54 Å². The second kappa shape index (κ2) is 7.90. The molecule has 1 aromatic heterocycles. The molecule has 1 aliphatic rings. The minimum atomic E-state index is 0.0648. The fraction of sp³-hybridized carbons (Fsp3) is 0.500. The third kappa shape index (κ3) is 4.65. The smallest absolute Gasteiger partial charge is 0.246 e. The average molecular weight is 313 g/mol. The van der Waals surface area contributed by atoms with E-state index in [9.17, 15) is 4.79 Å². The Morgan fingerprint density at radius 1 is 1.17 bits per heavy atom. The number of hydrogen-bond acceptors (Lipinski definition) is 4. The number of amides is 1. The van der Waals surface area contributed by atoms with Gasteiger partial charge in [-0.1, -0.05) is 67.6 Å². The zero-order valence-electron chi connectivity index (χ0n) is 13.3. The molecule has 0 radical (unpaired) electrons. The molecule has 0 unspecified atom stereocenters. The number of carbonyl (C=O) groups is 1. The molecule has 122 valence electrons. The van der Waals surface area contributed by atoms with Crippen LogP contribution in [0, 0.1) is 5.92 Å². The fourth-order valence-electron chi connectivity index (χ4n) is 3.10. The highest BCUT2D eigenvalue weighted by Crippen LogP contribution is 2.27. The van der Waals surface area contributed by atoms with Gasteiger partial charge >= 0.3 is 0 Å². The maximum atomic E-state index is 11.9. The number of nitrogens with zero attached hydrogens (tertiary/aromatic N) is 2. The Kier molecular flexibility index (Phi) is 5.40. The monoisotopic (exact) mass is 313 g/mol. The molecule has 1 saturated carbocycles. The lowest BCUT2D eigenvalue weighted by Crippen LogP contribution is -2.23. The van der Waals surface area contributed by atoms with E-state index in [1.807, 2.05) is 30.3 Å². The summed E-state index contributed by atoms with van der Waals surface area (Å²) in [5.41, 5.74) is 0.908. The Morgan fingerprint density at radius 3 is 2.74 bits per heavy atom. The van der Waals surface area contributed by atoms with Gasteiger partial charge in [-0.3, -0.25) is 4.79 Å². The summed E-state index contributed by atoms with van der Waals surface area (Å²) in [6.45, 7) is 0.295. The minimum Gasteiger partial charge on any atom is -0.347 e. The summed E-state index contributed by atoms with van der Waals surface area (Å²) >= 11 is 0. The van der Waals surface area contributed by atoms with Gasteiger partial charge in [-0.25, -0.2) is 0 Å². The summed E-state index contributed by atoms with van der Waals surface area (Å²) in [5.74, 6) is 1.78. The molecule has 0 spiro atoms. The first-order valence-electron chi connectivity index (χ1n) is 8.46. The SMILES string of the molecule is O=C(CCC1CCCCC1)NCc1nc(-c2ccccc2)no1. The number of nitrogens with one attached hydrogen (secondary N) is 1. The fourth-order valence-corrected chi connectivity index (χ4v) is 3.10. The number of hydrogen-bond donors (Lipinski definition) is 1. The highest BCUT2D eigenvalue weighted by atomic mass is 16.5. The Balaban J connectivity index is 1.43. The van der Waals surface area contributed by atoms with Gasteiger partial charge in [0.2, 0.25) is 17.6 Å². The van der Waals surface area contributed by atoms with Crippen LogP contribution in [0.4, 0.5) is 0 Å². The van der Waals surface area contributed by atoms with Gasteiger partial charge in [0, 0.05) is 12.0 Å². The molecule has 1 amide bonds. The van der Waals surface area contributed by atoms with E-state index in [4.69, 9.17) is 4.52 Å². The van der Waals surface area contributed by atoms with Crippen molar-refractivity contribution in [2.45, 2.75) is 51.5 Å². The lowest BCUT2D eigenvalue weighted by molar-refractivity contribution is -0.121. The Hall–Kier alpha value is -2.17. The molecule has 2 aromatic rings. The Bertz CT molecular complexity index is 618. The van der Waals surface area contributed by atoms with Gasteiger partial charge in [0.1, 0.15) is 0 Å². The number of carbonyl (C=O) groups excluding carboxylic acids is 1. The van der Waals surface area contributed by atoms with Crippen LogP contribution in [-0.2, 0) is 11.3 Å². The van der Waals surface area contributed by atoms with Crippen molar-refractivity contribution in [2.24, 2.45) is 5.92 Å². The van der Waals surface area contributed by atoms with Crippen LogP contribution in [0.1, 0.15) is 50.8 Å². The van der Waals surface area contributed by atoms with Crippen LogP contribution in [0.15, 0.2) is 34.9 Å². The summed E-state index contributed by atoms with van der Waals surface area (Å²) in [6.07, 6.45) is 8.11. The van der Waals surface area contributed by atoms with Gasteiger partial charge < -0.3 is 9.84 Å². The van der Waals surface area contributed by atoms with E-state index < -0.39 is 0 Å². The second-order valence-corrected chi connectivity index (χ2v) is 6.20. The van der Waals surface area contributed by atoms with Crippen molar-refractivity contribution in [3.05, 3.63) is 36.2 Å². The van der Waals surface area contributed by atoms with Gasteiger partial charge in [-0.2, -0.15) is 4.98 Å². The molecule has 1 heterocycles. The van der Waals surface area contributed by atoms with E-state index in [1.165, 1.54) is 32.1 Å². The summed E-state index contributed by atoms with van der Waals surface area (Å²) in [4.78, 5) is 16.2. The van der Waals surface area contributed by atoms with Crippen molar-refractivity contribution in [3.63, 3.8) is 0 Å². The van der Waals surface area contributed by atoms with E-state index in [0.717, 1.165) is 17.9 Å². The standard InChI is InChI=1S/C18H23N3O2/c22-16(12-11-14-7-3-1-4-8-14)19-13-17-20-18(21-23-17)15-9-5-2-6-10-15/h2,5-6,9-10,14H,1,3-4,7-8,11-13H2,(H,19,22). The quantitative estimate of drug-likeness (QED) is 0.882. The summed E-state index contributed by atoms with van der Waals surface area (Å²) in [5, 5.41) is 6.81. The molecule has 1 aromatic carbocycles. The van der Waals surface area contributed by atoms with E-state index in [-0.39, 0.29) is 5.91 Å². The van der Waals surface area contributed by atoms with Crippen LogP contribution in [0.5, 0.6) is 0 Å². The molecule has 1 aliphatic carbocycles. The van der Waals surface area contributed by atoms with Crippen LogP contribution in [0.2, 0.25) is 0 Å². The normalized spacial score (nSPS) is 15.5. The maximum absolute atomic E-state index is 11.9. The van der Waals surface area contributed by atoms with Crippen LogP contribution >= 0.6 is 0 Å². The molecule has 0 aliphatic heterocycles. The van der Waals surface area contributed by atoms with Crippen LogP contribution in [-0.4, -0.2) is 16.0 Å². The second-order valence-electron chi connectivity index (χ2n) is 6.20. The molecule has 0 saturated heterocycles. The van der Waals surface area contributed by atoms with Crippen molar-refractivity contribution >= 4 is 5.91 Å². The van der Waals surface area contributed by atoms with E-state index in [0.29, 0.717) is 24.7 Å². The van der Waals surface area contributed by atoms with Crippen LogP contribution in [0.25, 0.3) is 11.4 Å². The van der Waals surface area contributed by atoms with Crippen molar-refractivity contribution in [2.75, 3.05) is 0 Å². The van der Waals surface area contributed by atoms with Gasteiger partial charge in [-0.15, -0.1) is 0 Å². The molecular weight excluding hydrogens is 290 g/mol. The lowest BCUT2D eigenvalue weighted by atomic mass is 9.86. The molecule has 0 bridgehead atoms. The topological polar surface area (TPSA) is 68.0 Å². The molecule has 5 nitrogen and oxygen atoms in total. The van der Waals surface area contributed by atoms with Gasteiger partial charge in [-0.05, 0) is 12.3 Å². The molecule has 5 heteroatoms. The van der Waals surface area contributed by atoms with Crippen molar-refractivity contribution in [3.8, 4) is 11.4 Å². The van der Waals surface area contributed by atoms with Crippen molar-refractivity contribution in [1.29, 1.82) is 0 Å². The maximum Gasteiger partial charge on any atom is 0.246 e. The molecule has 1 N–H and O–H groups in total. The zero-order chi connectivity index (χ0) is 15.9. The van der Waals surface area contributed by atoms with Crippen LogP contribution < -0.4 is 5.32 Å². The molecule has 23 heavy (non-hydrogen) atoms. The summed E-state index contributed by atoms with van der Waals surface area (Å²) in [6, 6.07) is 9.66. The molecule has 3 rings (SSSR count). The molecule has 1 fully saturated rings. The third-order valence-electron chi connectivity index (χ3n) is 4.44. The average Bonchev–Trinajstić information content (AvgIpc) is 3.09. The largest absolute Gasteiger partial charge is 0.347 e. The highest BCUT2D eigenvalue weighted by molar-refractivity contribution is 5.75. The number of benzene rings is 1. The van der Waals surface area contributed by atoms with Crippen LogP contribution in [0.3, 0.4) is 0 Å². The van der Waals surface area contributed by atoms with E-state index in [2.05, 4.69) is 15.5 Å². The first-order chi connectivity index (χ1) is 11.3. The predicted octanol–water partition coefficient (Wildman–Crippen LogP) is 3.71. The number of aromatic nitrogens is 2. The Morgan fingerprint density at radius 2 is 1.96 bits per heavy atom. The van der Waals surface area contributed by atoms with Gasteiger partial charge in [0.25, 0.3) is 0 Å². The first kappa shape index (κ1) is 15.7. The summed E-state index contributed by atoms with van der Waals surface area (Å²) in [7, 11) is 0.